The number of carbonyl (C=O) groups excluding carboxylic acids is 1. The van der Waals surface area contributed by atoms with Gasteiger partial charge in [-0.05, 0) is 6.92 Å². The number of aryl methyl sites for hydroxylation is 1. The number of nitrogens with one attached hydrogen (secondary N) is 1. The molecule has 1 aliphatic heterocycles. The van der Waals surface area contributed by atoms with Gasteiger partial charge in [0.2, 0.25) is 5.91 Å². The molecule has 13 heavy (non-hydrogen) atoms. The monoisotopic (exact) mass is 176 g/mol. The van der Waals surface area contributed by atoms with Gasteiger partial charge in [0, 0.05) is 6.21 Å². The van der Waals surface area contributed by atoms with Gasteiger partial charge in [-0.15, -0.1) is 0 Å². The summed E-state index contributed by atoms with van der Waals surface area (Å²) in [6.45, 7) is 1.78. The molecule has 0 bridgehead atoms. The molecule has 0 saturated heterocycles. The molecule has 2 rings (SSSR count). The third kappa shape index (κ3) is 1.53. The van der Waals surface area contributed by atoms with Crippen LogP contribution in [0.25, 0.3) is 0 Å². The summed E-state index contributed by atoms with van der Waals surface area (Å²) in [5, 5.41) is 2.66. The third-order valence-electron chi connectivity index (χ3n) is 1.65. The molecule has 1 aromatic heterocycles. The number of aromatic nitrogens is 2. The first-order valence-corrected chi connectivity index (χ1v) is 3.92. The van der Waals surface area contributed by atoms with Crippen LogP contribution in [0.5, 0.6) is 0 Å². The van der Waals surface area contributed by atoms with Crippen LogP contribution in [0.15, 0.2) is 11.2 Å². The molecule has 1 aliphatic rings. The minimum Gasteiger partial charge on any atom is -0.321 e. The highest BCUT2D eigenvalue weighted by molar-refractivity contribution is 6.02. The van der Waals surface area contributed by atoms with E-state index < -0.39 is 0 Å². The molecule has 5 heteroatoms. The van der Waals surface area contributed by atoms with Crippen molar-refractivity contribution in [3.63, 3.8) is 0 Å². The summed E-state index contributed by atoms with van der Waals surface area (Å²) in [7, 11) is 0. The van der Waals surface area contributed by atoms with Crippen molar-refractivity contribution in [2.24, 2.45) is 4.99 Å². The van der Waals surface area contributed by atoms with Gasteiger partial charge in [-0.1, -0.05) is 0 Å². The zero-order valence-electron chi connectivity index (χ0n) is 7.11. The van der Waals surface area contributed by atoms with E-state index >= 15 is 0 Å². The van der Waals surface area contributed by atoms with E-state index in [2.05, 4.69) is 20.3 Å². The average molecular weight is 176 g/mol. The van der Waals surface area contributed by atoms with Crippen molar-refractivity contribution in [3.05, 3.63) is 12.0 Å². The van der Waals surface area contributed by atoms with Gasteiger partial charge in [-0.3, -0.25) is 4.79 Å². The van der Waals surface area contributed by atoms with Crippen LogP contribution in [0.4, 0.5) is 11.5 Å². The topological polar surface area (TPSA) is 67.2 Å². The first-order chi connectivity index (χ1) is 6.25. The number of rotatable bonds is 0. The highest BCUT2D eigenvalue weighted by atomic mass is 16.1. The molecule has 0 aliphatic carbocycles. The van der Waals surface area contributed by atoms with Crippen LogP contribution in [0.3, 0.4) is 0 Å². The van der Waals surface area contributed by atoms with Gasteiger partial charge in [-0.25, -0.2) is 15.0 Å². The van der Waals surface area contributed by atoms with Gasteiger partial charge in [0.25, 0.3) is 0 Å². The Morgan fingerprint density at radius 3 is 3.23 bits per heavy atom. The molecule has 66 valence electrons. The van der Waals surface area contributed by atoms with Crippen LogP contribution in [0.1, 0.15) is 12.2 Å². The van der Waals surface area contributed by atoms with Gasteiger partial charge in [0.05, 0.1) is 12.6 Å². The number of hydrogen-bond donors (Lipinski definition) is 1. The largest absolute Gasteiger partial charge is 0.321 e. The molecule has 1 amide bonds. The predicted octanol–water partition coefficient (Wildman–Crippen LogP) is 0.830. The quantitative estimate of drug-likeness (QED) is 0.636. The summed E-state index contributed by atoms with van der Waals surface area (Å²) in [6, 6.07) is 0. The summed E-state index contributed by atoms with van der Waals surface area (Å²) < 4.78 is 0. The lowest BCUT2D eigenvalue weighted by Crippen LogP contribution is -2.10. The summed E-state index contributed by atoms with van der Waals surface area (Å²) >= 11 is 0. The van der Waals surface area contributed by atoms with Crippen molar-refractivity contribution in [1.82, 2.24) is 9.97 Å². The van der Waals surface area contributed by atoms with Crippen LogP contribution < -0.4 is 5.32 Å². The molecule has 1 aromatic rings. The Morgan fingerprint density at radius 2 is 2.38 bits per heavy atom. The molecule has 1 N–H and O–H groups in total. The number of nitrogens with zero attached hydrogens (tertiary/aromatic N) is 3. The molecule has 0 atom stereocenters. The van der Waals surface area contributed by atoms with Crippen LogP contribution in [0.2, 0.25) is 0 Å². The summed E-state index contributed by atoms with van der Waals surface area (Å²) in [6.07, 6.45) is 3.40. The normalized spacial score (nSPS) is 14.7. The minimum atomic E-state index is -0.0880. The van der Waals surface area contributed by atoms with E-state index in [1.165, 1.54) is 0 Å². The molecule has 0 aromatic carbocycles. The number of anilines is 1. The first kappa shape index (κ1) is 7.85. The molecular weight excluding hydrogens is 168 g/mol. The zero-order chi connectivity index (χ0) is 9.26. The van der Waals surface area contributed by atoms with Crippen molar-refractivity contribution in [2.75, 3.05) is 5.32 Å². The lowest BCUT2D eigenvalue weighted by atomic mass is 10.4. The van der Waals surface area contributed by atoms with Crippen LogP contribution >= 0.6 is 0 Å². The fourth-order valence-corrected chi connectivity index (χ4v) is 1.06. The molecule has 0 saturated carbocycles. The number of fused-ring (bicyclic) bond motifs is 1. The Morgan fingerprint density at radius 1 is 1.54 bits per heavy atom. The van der Waals surface area contributed by atoms with E-state index in [4.69, 9.17) is 0 Å². The van der Waals surface area contributed by atoms with Crippen LogP contribution in [-0.2, 0) is 4.79 Å². The van der Waals surface area contributed by atoms with E-state index in [-0.39, 0.29) is 12.3 Å². The van der Waals surface area contributed by atoms with Gasteiger partial charge >= 0.3 is 0 Å². The predicted molar refractivity (Wildman–Crippen MR) is 48.2 cm³/mol. The van der Waals surface area contributed by atoms with Crippen molar-refractivity contribution in [1.29, 1.82) is 0 Å². The molecule has 0 spiro atoms. The Balaban J connectivity index is 2.49. The maximum atomic E-state index is 11.1. The van der Waals surface area contributed by atoms with Gasteiger partial charge in [-0.2, -0.15) is 0 Å². The highest BCUT2D eigenvalue weighted by Gasteiger charge is 2.10. The SMILES string of the molecule is Cc1ncc2c(n1)N=CCC(=O)N2. The van der Waals surface area contributed by atoms with Gasteiger partial charge in [0.15, 0.2) is 5.82 Å². The number of hydrogen-bond acceptors (Lipinski definition) is 4. The molecule has 2 heterocycles. The van der Waals surface area contributed by atoms with Crippen molar-refractivity contribution in [2.45, 2.75) is 13.3 Å². The number of carbonyl (C=O) groups is 1. The Labute approximate surface area is 74.9 Å². The summed E-state index contributed by atoms with van der Waals surface area (Å²) in [4.78, 5) is 23.2. The second-order valence-corrected chi connectivity index (χ2v) is 2.72. The van der Waals surface area contributed by atoms with E-state index in [0.29, 0.717) is 17.3 Å². The van der Waals surface area contributed by atoms with Crippen molar-refractivity contribution in [3.8, 4) is 0 Å². The summed E-state index contributed by atoms with van der Waals surface area (Å²) in [5.74, 6) is 1.08. The second kappa shape index (κ2) is 2.93. The highest BCUT2D eigenvalue weighted by Crippen LogP contribution is 2.22. The maximum absolute atomic E-state index is 11.1. The van der Waals surface area contributed by atoms with E-state index in [9.17, 15) is 4.79 Å². The van der Waals surface area contributed by atoms with Crippen LogP contribution in [-0.4, -0.2) is 22.1 Å². The summed E-state index contributed by atoms with van der Waals surface area (Å²) in [5.41, 5.74) is 0.573. The minimum absolute atomic E-state index is 0.0880. The van der Waals surface area contributed by atoms with E-state index in [1.807, 2.05) is 0 Å². The molecule has 0 radical (unpaired) electrons. The lowest BCUT2D eigenvalue weighted by molar-refractivity contribution is -0.115. The van der Waals surface area contributed by atoms with E-state index in [0.717, 1.165) is 0 Å². The Kier molecular flexibility index (Phi) is 1.77. The van der Waals surface area contributed by atoms with Gasteiger partial charge < -0.3 is 5.32 Å². The Hall–Kier alpha value is -1.78. The molecule has 5 nitrogen and oxygen atoms in total. The maximum Gasteiger partial charge on any atom is 0.229 e. The van der Waals surface area contributed by atoms with Crippen molar-refractivity contribution >= 4 is 23.6 Å². The van der Waals surface area contributed by atoms with Crippen molar-refractivity contribution < 1.29 is 4.79 Å². The molecule has 0 fully saturated rings. The van der Waals surface area contributed by atoms with Crippen LogP contribution in [0, 0.1) is 6.92 Å². The first-order valence-electron chi connectivity index (χ1n) is 3.92. The second-order valence-electron chi connectivity index (χ2n) is 2.72. The third-order valence-corrected chi connectivity index (χ3v) is 1.65. The average Bonchev–Trinajstić information content (AvgIpc) is 2.25. The fraction of sp³-hybridized carbons (Fsp3) is 0.250. The standard InChI is InChI=1S/C8H8N4O/c1-5-10-4-6-8(11-5)9-3-2-7(13)12-6/h3-4H,2H2,1H3,(H,12,13). The smallest absolute Gasteiger partial charge is 0.229 e. The lowest BCUT2D eigenvalue weighted by Gasteiger charge is -2.02. The number of aliphatic imine (C=N–C) groups is 1. The fourth-order valence-electron chi connectivity index (χ4n) is 1.06. The Bertz CT molecular complexity index is 386. The molecular formula is C8H8N4O. The number of amides is 1. The zero-order valence-corrected chi connectivity index (χ0v) is 7.11. The molecule has 0 unspecified atom stereocenters. The van der Waals surface area contributed by atoms with E-state index in [1.54, 1.807) is 19.3 Å². The van der Waals surface area contributed by atoms with Gasteiger partial charge in [0.1, 0.15) is 11.5 Å².